The highest BCUT2D eigenvalue weighted by molar-refractivity contribution is 6.29. The van der Waals surface area contributed by atoms with E-state index in [2.05, 4.69) is 41.4 Å². The predicted octanol–water partition coefficient (Wildman–Crippen LogP) is 7.22. The van der Waals surface area contributed by atoms with Crippen molar-refractivity contribution in [1.29, 1.82) is 0 Å². The zero-order valence-electron chi connectivity index (χ0n) is 18.4. The summed E-state index contributed by atoms with van der Waals surface area (Å²) in [6.45, 7) is 2.60. The second-order valence-electron chi connectivity index (χ2n) is 7.67. The molecule has 0 heterocycles. The van der Waals surface area contributed by atoms with Gasteiger partial charge >= 0.3 is 0 Å². The second-order valence-corrected chi connectivity index (χ2v) is 7.94. The molecule has 0 radical (unpaired) electrons. The number of halogens is 1. The van der Waals surface area contributed by atoms with Crippen molar-refractivity contribution in [3.63, 3.8) is 0 Å². The third kappa shape index (κ3) is 5.93. The molecule has 1 N–H and O–H groups in total. The maximum atomic E-state index is 11.6. The van der Waals surface area contributed by atoms with Gasteiger partial charge in [0.1, 0.15) is 18.2 Å². The molecule has 0 aliphatic rings. The topological polar surface area (TPSA) is 41.6 Å². The Labute approximate surface area is 199 Å². The highest BCUT2D eigenvalue weighted by atomic mass is 35.5. The fourth-order valence-electron chi connectivity index (χ4n) is 3.46. The van der Waals surface area contributed by atoms with Crippen LogP contribution in [-0.2, 0) is 11.4 Å². The molecule has 4 nitrogen and oxygen atoms in total. The van der Waals surface area contributed by atoms with Gasteiger partial charge in [0.05, 0.1) is 0 Å². The van der Waals surface area contributed by atoms with Crippen LogP contribution in [0.3, 0.4) is 0 Å². The summed E-state index contributed by atoms with van der Waals surface area (Å²) < 4.78 is 5.95. The van der Waals surface area contributed by atoms with Gasteiger partial charge in [0.25, 0.3) is 0 Å². The van der Waals surface area contributed by atoms with E-state index in [9.17, 15) is 4.79 Å². The van der Waals surface area contributed by atoms with Gasteiger partial charge in [-0.05, 0) is 73.2 Å². The Balaban J connectivity index is 1.58. The molecule has 0 spiro atoms. The lowest BCUT2D eigenvalue weighted by Crippen LogP contribution is -2.13. The molecule has 0 bridgehead atoms. The van der Waals surface area contributed by atoms with Gasteiger partial charge in [-0.3, -0.25) is 4.79 Å². The Morgan fingerprint density at radius 3 is 1.91 bits per heavy atom. The van der Waals surface area contributed by atoms with Crippen LogP contribution in [0.15, 0.2) is 103 Å². The minimum Gasteiger partial charge on any atom is -0.489 e. The number of benzene rings is 4. The lowest BCUT2D eigenvalue weighted by Gasteiger charge is -2.26. The summed E-state index contributed by atoms with van der Waals surface area (Å²) in [5.74, 6) is 0.507. The molecule has 0 saturated carbocycles. The first-order valence-electron chi connectivity index (χ1n) is 10.7. The van der Waals surface area contributed by atoms with E-state index < -0.39 is 0 Å². The average Bonchev–Trinajstić information content (AvgIpc) is 2.86. The van der Waals surface area contributed by atoms with Crippen molar-refractivity contribution in [3.05, 3.63) is 114 Å². The highest BCUT2D eigenvalue weighted by Crippen LogP contribution is 2.36. The van der Waals surface area contributed by atoms with Crippen molar-refractivity contribution >= 4 is 40.3 Å². The van der Waals surface area contributed by atoms with Crippen molar-refractivity contribution in [2.24, 2.45) is 0 Å². The van der Waals surface area contributed by atoms with Crippen LogP contribution < -0.4 is 15.0 Å². The third-order valence-corrected chi connectivity index (χ3v) is 5.41. The van der Waals surface area contributed by atoms with Crippen molar-refractivity contribution in [2.75, 3.05) is 16.1 Å². The van der Waals surface area contributed by atoms with Crippen LogP contribution in [-0.4, -0.2) is 11.8 Å². The Bertz CT molecular complexity index is 1180. The van der Waals surface area contributed by atoms with Gasteiger partial charge in [-0.2, -0.15) is 0 Å². The SMILES string of the molecule is Cc1ccc(N(c2ccc(NC(=O)CCl)cc2)c2ccc(OCc3ccccc3)cc2)cc1. The van der Waals surface area contributed by atoms with Crippen LogP contribution in [0, 0.1) is 6.92 Å². The van der Waals surface area contributed by atoms with Gasteiger partial charge in [0.2, 0.25) is 5.91 Å². The number of carbonyl (C=O) groups excluding carboxylic acids is 1. The molecular weight excluding hydrogens is 432 g/mol. The smallest absolute Gasteiger partial charge is 0.239 e. The molecule has 166 valence electrons. The van der Waals surface area contributed by atoms with Crippen molar-refractivity contribution in [3.8, 4) is 5.75 Å². The molecule has 4 aromatic carbocycles. The van der Waals surface area contributed by atoms with E-state index in [0.717, 1.165) is 28.4 Å². The third-order valence-electron chi connectivity index (χ3n) is 5.17. The Hall–Kier alpha value is -3.76. The maximum Gasteiger partial charge on any atom is 0.239 e. The van der Waals surface area contributed by atoms with Crippen LogP contribution in [0.5, 0.6) is 5.75 Å². The molecule has 4 aromatic rings. The molecule has 0 aliphatic heterocycles. The normalized spacial score (nSPS) is 10.5. The molecule has 33 heavy (non-hydrogen) atoms. The van der Waals surface area contributed by atoms with Crippen molar-refractivity contribution in [2.45, 2.75) is 13.5 Å². The first-order valence-corrected chi connectivity index (χ1v) is 11.3. The van der Waals surface area contributed by atoms with Gasteiger partial charge in [0, 0.05) is 22.7 Å². The van der Waals surface area contributed by atoms with Crippen molar-refractivity contribution < 1.29 is 9.53 Å². The van der Waals surface area contributed by atoms with Gasteiger partial charge in [-0.15, -0.1) is 11.6 Å². The molecule has 0 saturated heterocycles. The quantitative estimate of drug-likeness (QED) is 0.284. The number of alkyl halides is 1. The Kier molecular flexibility index (Phi) is 7.28. The fraction of sp³-hybridized carbons (Fsp3) is 0.107. The standard InChI is InChI=1S/C28H25ClN2O2/c1-21-7-11-24(12-8-21)31(25-13-9-23(10-14-25)30-28(32)19-29)26-15-17-27(18-16-26)33-20-22-5-3-2-4-6-22/h2-18H,19-20H2,1H3,(H,30,32). The summed E-state index contributed by atoms with van der Waals surface area (Å²) in [4.78, 5) is 13.7. The monoisotopic (exact) mass is 456 g/mol. The number of amides is 1. The molecule has 4 rings (SSSR count). The van der Waals surface area contributed by atoms with E-state index in [-0.39, 0.29) is 11.8 Å². The maximum absolute atomic E-state index is 11.6. The minimum absolute atomic E-state index is 0.0735. The molecule has 0 aliphatic carbocycles. The Morgan fingerprint density at radius 1 is 0.788 bits per heavy atom. The first kappa shape index (κ1) is 22.4. The minimum atomic E-state index is -0.231. The van der Waals surface area contributed by atoms with Gasteiger partial charge in [-0.1, -0.05) is 48.0 Å². The van der Waals surface area contributed by atoms with E-state index in [1.54, 1.807) is 0 Å². The number of carbonyl (C=O) groups is 1. The summed E-state index contributed by atoms with van der Waals surface area (Å²) in [6.07, 6.45) is 0. The highest BCUT2D eigenvalue weighted by Gasteiger charge is 2.13. The lowest BCUT2D eigenvalue weighted by atomic mass is 10.1. The molecule has 0 aromatic heterocycles. The summed E-state index contributed by atoms with van der Waals surface area (Å²) in [5.41, 5.74) is 6.05. The molecule has 1 amide bonds. The van der Waals surface area contributed by atoms with Crippen LogP contribution in [0.4, 0.5) is 22.7 Å². The molecule has 0 atom stereocenters. The van der Waals surface area contributed by atoms with Crippen LogP contribution in [0.2, 0.25) is 0 Å². The number of aryl methyl sites for hydroxylation is 1. The Morgan fingerprint density at radius 2 is 1.33 bits per heavy atom. The molecule has 0 fully saturated rings. The summed E-state index contributed by atoms with van der Waals surface area (Å²) in [5, 5.41) is 2.77. The molecule has 5 heteroatoms. The number of nitrogens with one attached hydrogen (secondary N) is 1. The average molecular weight is 457 g/mol. The first-order chi connectivity index (χ1) is 16.1. The van der Waals surface area contributed by atoms with Crippen molar-refractivity contribution in [1.82, 2.24) is 0 Å². The van der Waals surface area contributed by atoms with E-state index in [1.165, 1.54) is 5.56 Å². The number of ether oxygens (including phenoxy) is 1. The number of anilines is 4. The van der Waals surface area contributed by atoms with Gasteiger partial charge < -0.3 is 15.0 Å². The van der Waals surface area contributed by atoms with E-state index in [0.29, 0.717) is 12.3 Å². The van der Waals surface area contributed by atoms with E-state index in [1.807, 2.05) is 78.9 Å². The van der Waals surface area contributed by atoms with Crippen LogP contribution in [0.1, 0.15) is 11.1 Å². The largest absolute Gasteiger partial charge is 0.489 e. The van der Waals surface area contributed by atoms with Crippen LogP contribution >= 0.6 is 11.6 Å². The summed E-state index contributed by atoms with van der Waals surface area (Å²) >= 11 is 5.60. The number of rotatable bonds is 8. The summed E-state index contributed by atoms with van der Waals surface area (Å²) in [7, 11) is 0. The number of nitrogens with zero attached hydrogens (tertiary/aromatic N) is 1. The van der Waals surface area contributed by atoms with E-state index >= 15 is 0 Å². The number of hydrogen-bond acceptors (Lipinski definition) is 3. The van der Waals surface area contributed by atoms with Gasteiger partial charge in [-0.25, -0.2) is 0 Å². The fourth-order valence-corrected chi connectivity index (χ4v) is 3.53. The second kappa shape index (κ2) is 10.7. The zero-order chi connectivity index (χ0) is 23.0. The van der Waals surface area contributed by atoms with E-state index in [4.69, 9.17) is 16.3 Å². The lowest BCUT2D eigenvalue weighted by molar-refractivity contribution is -0.113. The zero-order valence-corrected chi connectivity index (χ0v) is 19.1. The number of hydrogen-bond donors (Lipinski definition) is 1. The molecule has 0 unspecified atom stereocenters. The van der Waals surface area contributed by atoms with Crippen LogP contribution in [0.25, 0.3) is 0 Å². The summed E-state index contributed by atoms with van der Waals surface area (Å²) in [6, 6.07) is 34.2. The molecular formula is C28H25ClN2O2. The van der Waals surface area contributed by atoms with Gasteiger partial charge in [0.15, 0.2) is 0 Å². The predicted molar refractivity (Wildman–Crippen MR) is 136 cm³/mol.